The fourth-order valence-electron chi connectivity index (χ4n) is 4.16. The minimum Gasteiger partial charge on any atom is -0.352 e. The highest BCUT2D eigenvalue weighted by Gasteiger charge is 2.46. The highest BCUT2D eigenvalue weighted by atomic mass is 19.4. The molecule has 7 heteroatoms. The minimum absolute atomic E-state index is 0.117. The molecular formula is C19H26F3N3O. The van der Waals surface area contributed by atoms with Gasteiger partial charge in [0.2, 0.25) is 5.91 Å². The molecule has 144 valence electrons. The van der Waals surface area contributed by atoms with Gasteiger partial charge in [0.15, 0.2) is 0 Å². The molecule has 2 heterocycles. The highest BCUT2D eigenvalue weighted by molar-refractivity contribution is 5.79. The molecule has 3 atom stereocenters. The number of rotatable bonds is 4. The van der Waals surface area contributed by atoms with Crippen molar-refractivity contribution >= 4 is 5.91 Å². The van der Waals surface area contributed by atoms with E-state index >= 15 is 0 Å². The molecule has 0 aromatic carbocycles. The van der Waals surface area contributed by atoms with Crippen molar-refractivity contribution in [1.82, 2.24) is 15.2 Å². The molecule has 0 bridgehead atoms. The Morgan fingerprint density at radius 3 is 2.77 bits per heavy atom. The van der Waals surface area contributed by atoms with Crippen LogP contribution in [0.2, 0.25) is 0 Å². The number of alkyl halides is 3. The standard InChI is InChI=1S/C19H26F3N3O/c20-19(21,22)16-7-1-2-8-17(16)24-18(26)15-6-4-10-25(13-15)12-14-5-3-9-23-11-14/h3,5,9,11,15-17H,1-2,4,6-8,10,12-13H2,(H,24,26)/t15-,16+,17+/m0/s1. The summed E-state index contributed by atoms with van der Waals surface area (Å²) in [5, 5.41) is 2.73. The van der Waals surface area contributed by atoms with Gasteiger partial charge in [0.1, 0.15) is 0 Å². The number of hydrogen-bond acceptors (Lipinski definition) is 3. The van der Waals surface area contributed by atoms with Gasteiger partial charge in [-0.3, -0.25) is 14.7 Å². The van der Waals surface area contributed by atoms with Crippen LogP contribution in [0.4, 0.5) is 13.2 Å². The van der Waals surface area contributed by atoms with E-state index in [2.05, 4.69) is 15.2 Å². The van der Waals surface area contributed by atoms with Gasteiger partial charge in [-0.15, -0.1) is 0 Å². The van der Waals surface area contributed by atoms with Crippen LogP contribution in [0.5, 0.6) is 0 Å². The van der Waals surface area contributed by atoms with E-state index in [-0.39, 0.29) is 18.2 Å². The van der Waals surface area contributed by atoms with Gasteiger partial charge in [0, 0.05) is 31.5 Å². The maximum Gasteiger partial charge on any atom is 0.393 e. The number of carbonyl (C=O) groups is 1. The van der Waals surface area contributed by atoms with E-state index in [4.69, 9.17) is 0 Å². The lowest BCUT2D eigenvalue weighted by molar-refractivity contribution is -0.189. The second-order valence-corrected chi connectivity index (χ2v) is 7.48. The van der Waals surface area contributed by atoms with Crippen LogP contribution in [0, 0.1) is 11.8 Å². The number of likely N-dealkylation sites (tertiary alicyclic amines) is 1. The zero-order chi connectivity index (χ0) is 18.6. The summed E-state index contributed by atoms with van der Waals surface area (Å²) < 4.78 is 39.7. The average Bonchev–Trinajstić information content (AvgIpc) is 2.62. The topological polar surface area (TPSA) is 45.2 Å². The normalized spacial score (nSPS) is 27.9. The summed E-state index contributed by atoms with van der Waals surface area (Å²) in [7, 11) is 0. The second-order valence-electron chi connectivity index (χ2n) is 7.48. The third kappa shape index (κ3) is 4.96. The van der Waals surface area contributed by atoms with E-state index in [1.54, 1.807) is 12.4 Å². The van der Waals surface area contributed by atoms with Gasteiger partial charge >= 0.3 is 6.18 Å². The molecule has 1 aromatic heterocycles. The molecule has 1 saturated heterocycles. The predicted octanol–water partition coefficient (Wildman–Crippen LogP) is 3.53. The lowest BCUT2D eigenvalue weighted by Gasteiger charge is -2.36. The van der Waals surface area contributed by atoms with Crippen molar-refractivity contribution < 1.29 is 18.0 Å². The van der Waals surface area contributed by atoms with Crippen molar-refractivity contribution in [2.45, 2.75) is 57.3 Å². The van der Waals surface area contributed by atoms with Gasteiger partial charge < -0.3 is 5.32 Å². The molecular weight excluding hydrogens is 343 g/mol. The summed E-state index contributed by atoms with van der Waals surface area (Å²) in [6.45, 7) is 2.20. The summed E-state index contributed by atoms with van der Waals surface area (Å²) in [6.07, 6.45) is 2.76. The van der Waals surface area contributed by atoms with Crippen LogP contribution in [-0.4, -0.2) is 41.1 Å². The molecule has 1 amide bonds. The minimum atomic E-state index is -4.24. The molecule has 1 aliphatic heterocycles. The SMILES string of the molecule is O=C(N[C@@H]1CCCC[C@H]1C(F)(F)F)[C@H]1CCCN(Cc2cccnc2)C1. The quantitative estimate of drug-likeness (QED) is 0.883. The number of aromatic nitrogens is 1. The third-order valence-corrected chi connectivity index (χ3v) is 5.52. The Morgan fingerprint density at radius 1 is 1.23 bits per heavy atom. The van der Waals surface area contributed by atoms with Gasteiger partial charge in [-0.25, -0.2) is 0 Å². The van der Waals surface area contributed by atoms with Crippen molar-refractivity contribution in [2.24, 2.45) is 11.8 Å². The first-order valence-electron chi connectivity index (χ1n) is 9.42. The molecule has 0 unspecified atom stereocenters. The average molecular weight is 369 g/mol. The Hall–Kier alpha value is -1.63. The number of hydrogen-bond donors (Lipinski definition) is 1. The lowest BCUT2D eigenvalue weighted by atomic mass is 9.83. The van der Waals surface area contributed by atoms with E-state index in [0.29, 0.717) is 25.9 Å². The van der Waals surface area contributed by atoms with Gasteiger partial charge in [-0.1, -0.05) is 18.9 Å². The number of nitrogens with zero attached hydrogens (tertiary/aromatic N) is 2. The van der Waals surface area contributed by atoms with E-state index in [1.807, 2.05) is 12.1 Å². The molecule has 1 saturated carbocycles. The molecule has 1 aliphatic carbocycles. The van der Waals surface area contributed by atoms with Crippen LogP contribution in [0.1, 0.15) is 44.1 Å². The van der Waals surface area contributed by atoms with Crippen LogP contribution in [0.3, 0.4) is 0 Å². The molecule has 1 N–H and O–H groups in total. The first-order chi connectivity index (χ1) is 12.4. The number of carbonyl (C=O) groups excluding carboxylic acids is 1. The Labute approximate surface area is 152 Å². The Kier molecular flexibility index (Phi) is 6.16. The second kappa shape index (κ2) is 8.37. The van der Waals surface area contributed by atoms with E-state index in [0.717, 1.165) is 31.4 Å². The molecule has 0 spiro atoms. The largest absolute Gasteiger partial charge is 0.393 e. The Morgan fingerprint density at radius 2 is 2.04 bits per heavy atom. The van der Waals surface area contributed by atoms with Crippen LogP contribution in [-0.2, 0) is 11.3 Å². The number of amides is 1. The molecule has 1 aromatic rings. The summed E-state index contributed by atoms with van der Waals surface area (Å²) in [5.74, 6) is -1.87. The van der Waals surface area contributed by atoms with Crippen LogP contribution < -0.4 is 5.32 Å². The number of pyridine rings is 1. The van der Waals surface area contributed by atoms with Gasteiger partial charge in [0.25, 0.3) is 0 Å². The van der Waals surface area contributed by atoms with Crippen molar-refractivity contribution in [1.29, 1.82) is 0 Å². The maximum absolute atomic E-state index is 13.2. The fraction of sp³-hybridized carbons (Fsp3) is 0.684. The highest BCUT2D eigenvalue weighted by Crippen LogP contribution is 2.38. The maximum atomic E-state index is 13.2. The molecule has 3 rings (SSSR count). The van der Waals surface area contributed by atoms with Crippen LogP contribution in [0.15, 0.2) is 24.5 Å². The Balaban J connectivity index is 1.56. The van der Waals surface area contributed by atoms with Crippen molar-refractivity contribution in [3.05, 3.63) is 30.1 Å². The predicted molar refractivity (Wildman–Crippen MR) is 92.2 cm³/mol. The van der Waals surface area contributed by atoms with E-state index in [9.17, 15) is 18.0 Å². The molecule has 2 aliphatic rings. The fourth-order valence-corrected chi connectivity index (χ4v) is 4.16. The summed E-state index contributed by atoms with van der Waals surface area (Å²) in [6, 6.07) is 3.10. The van der Waals surface area contributed by atoms with E-state index < -0.39 is 18.1 Å². The first-order valence-corrected chi connectivity index (χ1v) is 9.42. The number of piperidine rings is 1. The van der Waals surface area contributed by atoms with E-state index in [1.165, 1.54) is 0 Å². The van der Waals surface area contributed by atoms with Crippen LogP contribution >= 0.6 is 0 Å². The van der Waals surface area contributed by atoms with Crippen molar-refractivity contribution in [3.8, 4) is 0 Å². The van der Waals surface area contributed by atoms with Gasteiger partial charge in [-0.2, -0.15) is 13.2 Å². The number of halogens is 3. The summed E-state index contributed by atoms with van der Waals surface area (Å²) in [4.78, 5) is 18.9. The molecule has 26 heavy (non-hydrogen) atoms. The van der Waals surface area contributed by atoms with Crippen molar-refractivity contribution in [2.75, 3.05) is 13.1 Å². The first kappa shape index (κ1) is 19.1. The molecule has 0 radical (unpaired) electrons. The monoisotopic (exact) mass is 369 g/mol. The molecule has 4 nitrogen and oxygen atoms in total. The van der Waals surface area contributed by atoms with Gasteiger partial charge in [-0.05, 0) is 43.9 Å². The summed E-state index contributed by atoms with van der Waals surface area (Å²) >= 11 is 0. The van der Waals surface area contributed by atoms with Gasteiger partial charge in [0.05, 0.1) is 11.8 Å². The smallest absolute Gasteiger partial charge is 0.352 e. The van der Waals surface area contributed by atoms with Crippen molar-refractivity contribution in [3.63, 3.8) is 0 Å². The lowest BCUT2D eigenvalue weighted by Crippen LogP contribution is -2.51. The molecule has 2 fully saturated rings. The van der Waals surface area contributed by atoms with Crippen LogP contribution in [0.25, 0.3) is 0 Å². The zero-order valence-electron chi connectivity index (χ0n) is 14.8. The third-order valence-electron chi connectivity index (χ3n) is 5.52. The summed E-state index contributed by atoms with van der Waals surface area (Å²) in [5.41, 5.74) is 1.08. The number of nitrogens with one attached hydrogen (secondary N) is 1. The zero-order valence-corrected chi connectivity index (χ0v) is 14.8. The Bertz CT molecular complexity index is 593.